The Morgan fingerprint density at radius 3 is 2.68 bits per heavy atom. The van der Waals surface area contributed by atoms with Gasteiger partial charge in [-0.1, -0.05) is 48.6 Å². The van der Waals surface area contributed by atoms with Crippen molar-refractivity contribution in [1.29, 1.82) is 0 Å². The van der Waals surface area contributed by atoms with Crippen molar-refractivity contribution in [2.24, 2.45) is 5.92 Å². The Bertz CT molecular complexity index is 545. The van der Waals surface area contributed by atoms with E-state index in [9.17, 15) is 4.79 Å². The van der Waals surface area contributed by atoms with Gasteiger partial charge in [0.05, 0.1) is 7.11 Å². The lowest BCUT2D eigenvalue weighted by atomic mass is 9.84. The number of methoxy groups -OCH3 is 1. The van der Waals surface area contributed by atoms with Gasteiger partial charge in [0.2, 0.25) is 0 Å². The van der Waals surface area contributed by atoms with Gasteiger partial charge in [0.15, 0.2) is 0 Å². The van der Waals surface area contributed by atoms with Gasteiger partial charge in [-0.2, -0.15) is 0 Å². The summed E-state index contributed by atoms with van der Waals surface area (Å²) in [6.07, 6.45) is 7.97. The summed E-state index contributed by atoms with van der Waals surface area (Å²) in [5.74, 6) is 0.973. The number of hydrogen-bond acceptors (Lipinski definition) is 3. The van der Waals surface area contributed by atoms with Crippen LogP contribution in [-0.4, -0.2) is 19.9 Å². The highest BCUT2D eigenvalue weighted by atomic mass is 16.7. The fourth-order valence-electron chi connectivity index (χ4n) is 3.10. The molecule has 98 valence electrons. The van der Waals surface area contributed by atoms with Gasteiger partial charge in [-0.3, -0.25) is 0 Å². The molecule has 3 atom stereocenters. The first-order valence-electron chi connectivity index (χ1n) is 6.46. The van der Waals surface area contributed by atoms with Crippen molar-refractivity contribution in [2.75, 3.05) is 13.7 Å². The minimum atomic E-state index is -0.615. The van der Waals surface area contributed by atoms with Crippen LogP contribution in [0.15, 0.2) is 48.6 Å². The van der Waals surface area contributed by atoms with E-state index < -0.39 is 6.16 Å². The Morgan fingerprint density at radius 2 is 1.89 bits per heavy atom. The standard InChI is InChI=1S/C16H16O3/c1-18-16(17)19-10-15-13-8-4-2-6-11(13)12-7-3-5-9-14(12)15/h2-9,11,13,15H,10H2,1H3. The van der Waals surface area contributed by atoms with Crippen molar-refractivity contribution in [1.82, 2.24) is 0 Å². The van der Waals surface area contributed by atoms with Crippen LogP contribution < -0.4 is 0 Å². The number of allylic oxidation sites excluding steroid dienone is 4. The lowest BCUT2D eigenvalue weighted by molar-refractivity contribution is 0.0649. The molecule has 2 aliphatic carbocycles. The van der Waals surface area contributed by atoms with Crippen LogP contribution in [0.4, 0.5) is 4.79 Å². The van der Waals surface area contributed by atoms with Gasteiger partial charge < -0.3 is 9.47 Å². The predicted octanol–water partition coefficient (Wildman–Crippen LogP) is 3.39. The molecule has 1 aromatic carbocycles. The molecule has 0 amide bonds. The molecule has 3 rings (SSSR count). The van der Waals surface area contributed by atoms with Crippen LogP contribution in [0.5, 0.6) is 0 Å². The zero-order chi connectivity index (χ0) is 13.2. The number of carbonyl (C=O) groups is 1. The molecule has 0 saturated heterocycles. The lowest BCUT2D eigenvalue weighted by Gasteiger charge is -2.22. The van der Waals surface area contributed by atoms with Gasteiger partial charge in [-0.05, 0) is 17.0 Å². The Balaban J connectivity index is 1.88. The van der Waals surface area contributed by atoms with Crippen molar-refractivity contribution in [3.8, 4) is 0 Å². The summed E-state index contributed by atoms with van der Waals surface area (Å²) in [7, 11) is 1.33. The smallest absolute Gasteiger partial charge is 0.438 e. The van der Waals surface area contributed by atoms with Crippen LogP contribution in [0.25, 0.3) is 0 Å². The van der Waals surface area contributed by atoms with Crippen LogP contribution in [0.2, 0.25) is 0 Å². The minimum Gasteiger partial charge on any atom is -0.438 e. The van der Waals surface area contributed by atoms with Crippen molar-refractivity contribution >= 4 is 6.16 Å². The number of fused-ring (bicyclic) bond motifs is 3. The van der Waals surface area contributed by atoms with Gasteiger partial charge in [0.1, 0.15) is 6.61 Å². The minimum absolute atomic E-state index is 0.210. The van der Waals surface area contributed by atoms with E-state index in [0.29, 0.717) is 18.4 Å². The molecule has 0 fully saturated rings. The first-order chi connectivity index (χ1) is 9.31. The molecular formula is C16H16O3. The summed E-state index contributed by atoms with van der Waals surface area (Å²) in [5, 5.41) is 0. The van der Waals surface area contributed by atoms with Gasteiger partial charge in [0, 0.05) is 11.8 Å². The third-order valence-corrected chi connectivity index (χ3v) is 3.94. The van der Waals surface area contributed by atoms with Crippen LogP contribution in [0.1, 0.15) is 23.0 Å². The molecule has 0 saturated carbocycles. The summed E-state index contributed by atoms with van der Waals surface area (Å²) in [6, 6.07) is 8.38. The van der Waals surface area contributed by atoms with Crippen LogP contribution in [-0.2, 0) is 9.47 Å². The third-order valence-electron chi connectivity index (χ3n) is 3.94. The maximum Gasteiger partial charge on any atom is 0.507 e. The molecule has 0 spiro atoms. The Hall–Kier alpha value is -2.03. The number of carbonyl (C=O) groups excluding carboxylic acids is 1. The summed E-state index contributed by atoms with van der Waals surface area (Å²) in [6.45, 7) is 0.364. The van der Waals surface area contributed by atoms with Crippen molar-refractivity contribution < 1.29 is 14.3 Å². The number of benzene rings is 1. The molecule has 1 aromatic rings. The molecule has 0 N–H and O–H groups in total. The second kappa shape index (κ2) is 4.92. The highest BCUT2D eigenvalue weighted by Gasteiger charge is 2.39. The number of rotatable bonds is 2. The van der Waals surface area contributed by atoms with E-state index in [4.69, 9.17) is 4.74 Å². The first kappa shape index (κ1) is 12.0. The highest BCUT2D eigenvalue weighted by Crippen LogP contribution is 2.49. The quantitative estimate of drug-likeness (QED) is 0.761. The Labute approximate surface area is 112 Å². The third kappa shape index (κ3) is 2.05. The van der Waals surface area contributed by atoms with Crippen molar-refractivity contribution in [3.05, 3.63) is 59.7 Å². The van der Waals surface area contributed by atoms with E-state index in [0.717, 1.165) is 0 Å². The molecule has 0 heterocycles. The zero-order valence-corrected chi connectivity index (χ0v) is 10.8. The molecule has 19 heavy (non-hydrogen) atoms. The van der Waals surface area contributed by atoms with Crippen LogP contribution in [0, 0.1) is 5.92 Å². The largest absolute Gasteiger partial charge is 0.507 e. The molecule has 3 unspecified atom stereocenters. The molecule has 0 bridgehead atoms. The van der Waals surface area contributed by atoms with E-state index in [1.165, 1.54) is 18.2 Å². The van der Waals surface area contributed by atoms with Crippen LogP contribution >= 0.6 is 0 Å². The summed E-state index contributed by atoms with van der Waals surface area (Å²) in [5.41, 5.74) is 2.61. The second-order valence-corrected chi connectivity index (χ2v) is 4.87. The molecule has 0 aliphatic heterocycles. The molecular weight excluding hydrogens is 240 g/mol. The van der Waals surface area contributed by atoms with Gasteiger partial charge in [-0.25, -0.2) is 4.79 Å². The van der Waals surface area contributed by atoms with E-state index in [2.05, 4.69) is 47.2 Å². The predicted molar refractivity (Wildman–Crippen MR) is 72.1 cm³/mol. The Morgan fingerprint density at radius 1 is 1.16 bits per heavy atom. The maximum absolute atomic E-state index is 11.2. The van der Waals surface area contributed by atoms with Gasteiger partial charge >= 0.3 is 6.16 Å². The van der Waals surface area contributed by atoms with Crippen molar-refractivity contribution in [3.63, 3.8) is 0 Å². The first-order valence-corrected chi connectivity index (χ1v) is 6.46. The molecule has 0 radical (unpaired) electrons. The fraction of sp³-hybridized carbons (Fsp3) is 0.312. The molecule has 0 aromatic heterocycles. The summed E-state index contributed by atoms with van der Waals surface area (Å²) >= 11 is 0. The normalized spacial score (nSPS) is 26.7. The zero-order valence-electron chi connectivity index (χ0n) is 10.8. The number of ether oxygens (including phenoxy) is 2. The van der Waals surface area contributed by atoms with Gasteiger partial charge in [0.25, 0.3) is 0 Å². The maximum atomic E-state index is 11.2. The summed E-state index contributed by atoms with van der Waals surface area (Å²) < 4.78 is 9.70. The second-order valence-electron chi connectivity index (χ2n) is 4.87. The average molecular weight is 256 g/mol. The fourth-order valence-corrected chi connectivity index (χ4v) is 3.10. The number of hydrogen-bond donors (Lipinski definition) is 0. The van der Waals surface area contributed by atoms with E-state index in [1.54, 1.807) is 0 Å². The van der Waals surface area contributed by atoms with E-state index in [-0.39, 0.29) is 5.92 Å². The monoisotopic (exact) mass is 256 g/mol. The SMILES string of the molecule is COC(=O)OCC1c2ccccc2C2C=CC=CC21. The molecule has 3 nitrogen and oxygen atoms in total. The Kier molecular flexibility index (Phi) is 3.11. The van der Waals surface area contributed by atoms with Gasteiger partial charge in [-0.15, -0.1) is 0 Å². The van der Waals surface area contributed by atoms with Crippen molar-refractivity contribution in [2.45, 2.75) is 11.8 Å². The average Bonchev–Trinajstić information content (AvgIpc) is 2.79. The topological polar surface area (TPSA) is 35.5 Å². The molecule has 3 heteroatoms. The molecule has 2 aliphatic rings. The van der Waals surface area contributed by atoms with Crippen LogP contribution in [0.3, 0.4) is 0 Å². The van der Waals surface area contributed by atoms with E-state index >= 15 is 0 Å². The summed E-state index contributed by atoms with van der Waals surface area (Å²) in [4.78, 5) is 11.2. The van der Waals surface area contributed by atoms with E-state index in [1.807, 2.05) is 6.07 Å². The lowest BCUT2D eigenvalue weighted by Crippen LogP contribution is -2.18. The highest BCUT2D eigenvalue weighted by molar-refractivity contribution is 5.59.